The summed E-state index contributed by atoms with van der Waals surface area (Å²) in [4.78, 5) is 4.11. The molecule has 0 spiro atoms. The summed E-state index contributed by atoms with van der Waals surface area (Å²) in [5.41, 5.74) is 0.942. The number of hydrogen-bond acceptors (Lipinski definition) is 4. The first kappa shape index (κ1) is 14.5. The van der Waals surface area contributed by atoms with Gasteiger partial charge in [0.25, 0.3) is 0 Å². The normalized spacial score (nSPS) is 12.1. The summed E-state index contributed by atoms with van der Waals surface area (Å²) in [7, 11) is -3.24. The molecule has 0 bridgehead atoms. The summed E-state index contributed by atoms with van der Waals surface area (Å²) >= 11 is 0. The van der Waals surface area contributed by atoms with E-state index in [-0.39, 0.29) is 23.2 Å². The number of nitrogens with zero attached hydrogens (tertiary/aromatic N) is 1. The van der Waals surface area contributed by atoms with Crippen molar-refractivity contribution < 1.29 is 17.2 Å². The number of rotatable bonds is 5. The monoisotopic (exact) mass is 295 g/mol. The Morgan fingerprint density at radius 3 is 2.65 bits per heavy atom. The van der Waals surface area contributed by atoms with E-state index in [4.69, 9.17) is 4.42 Å². The molecule has 0 amide bonds. The maximum absolute atomic E-state index is 12.8. The Kier molecular flexibility index (Phi) is 4.34. The van der Waals surface area contributed by atoms with Gasteiger partial charge in [0, 0.05) is 5.56 Å². The van der Waals surface area contributed by atoms with Crippen LogP contribution in [0, 0.1) is 5.82 Å². The molecule has 0 N–H and O–H groups in total. The molecule has 1 heterocycles. The molecule has 0 radical (unpaired) electrons. The molecule has 1 aromatic carbocycles. The van der Waals surface area contributed by atoms with Gasteiger partial charge in [-0.2, -0.15) is 0 Å². The van der Waals surface area contributed by atoms with E-state index in [0.29, 0.717) is 11.3 Å². The van der Waals surface area contributed by atoms with Gasteiger partial charge in [0.1, 0.15) is 12.1 Å². The summed E-state index contributed by atoms with van der Waals surface area (Å²) in [5, 5.41) is 0. The predicted molar refractivity (Wildman–Crippen MR) is 74.2 cm³/mol. The lowest BCUT2D eigenvalue weighted by Crippen LogP contribution is -2.07. The highest BCUT2D eigenvalue weighted by atomic mass is 32.2. The summed E-state index contributed by atoms with van der Waals surface area (Å²) < 4.78 is 41.6. The molecule has 2 aromatic rings. The molecule has 106 valence electrons. The first-order valence-corrected chi connectivity index (χ1v) is 7.84. The van der Waals surface area contributed by atoms with Gasteiger partial charge in [-0.3, -0.25) is 0 Å². The fourth-order valence-corrected chi connectivity index (χ4v) is 2.81. The third-order valence-corrected chi connectivity index (χ3v) is 4.03. The van der Waals surface area contributed by atoms with Crippen molar-refractivity contribution in [1.82, 2.24) is 4.98 Å². The van der Waals surface area contributed by atoms with Crippen molar-refractivity contribution in [3.05, 3.63) is 54.2 Å². The van der Waals surface area contributed by atoms with Crippen LogP contribution in [-0.4, -0.2) is 19.2 Å². The molecular weight excluding hydrogens is 281 g/mol. The second-order valence-electron chi connectivity index (χ2n) is 4.27. The van der Waals surface area contributed by atoms with Crippen molar-refractivity contribution in [2.45, 2.75) is 12.7 Å². The van der Waals surface area contributed by atoms with Crippen molar-refractivity contribution in [3.8, 4) is 11.5 Å². The first-order valence-electron chi connectivity index (χ1n) is 6.02. The molecule has 0 saturated heterocycles. The van der Waals surface area contributed by atoms with Gasteiger partial charge in [-0.05, 0) is 31.2 Å². The van der Waals surface area contributed by atoms with Crippen molar-refractivity contribution >= 4 is 9.84 Å². The second-order valence-corrected chi connectivity index (χ2v) is 6.38. The molecule has 0 aliphatic rings. The van der Waals surface area contributed by atoms with Crippen LogP contribution in [0.3, 0.4) is 0 Å². The van der Waals surface area contributed by atoms with Gasteiger partial charge in [-0.25, -0.2) is 17.8 Å². The average Bonchev–Trinajstić information content (AvgIpc) is 2.85. The molecule has 1 aromatic heterocycles. The second kappa shape index (κ2) is 6.00. The molecule has 0 unspecified atom stereocenters. The van der Waals surface area contributed by atoms with Gasteiger partial charge in [-0.1, -0.05) is 12.2 Å². The predicted octanol–water partition coefficient (Wildman–Crippen LogP) is 2.97. The van der Waals surface area contributed by atoms with E-state index in [2.05, 4.69) is 4.98 Å². The molecule has 20 heavy (non-hydrogen) atoms. The van der Waals surface area contributed by atoms with E-state index in [9.17, 15) is 12.8 Å². The molecule has 0 saturated carbocycles. The minimum atomic E-state index is -3.24. The quantitative estimate of drug-likeness (QED) is 0.796. The first-order chi connectivity index (χ1) is 9.50. The maximum atomic E-state index is 12.8. The molecule has 4 nitrogen and oxygen atoms in total. The van der Waals surface area contributed by atoms with Gasteiger partial charge in [0.2, 0.25) is 5.89 Å². The van der Waals surface area contributed by atoms with Gasteiger partial charge < -0.3 is 4.42 Å². The highest BCUT2D eigenvalue weighted by molar-refractivity contribution is 7.90. The van der Waals surface area contributed by atoms with E-state index >= 15 is 0 Å². The van der Waals surface area contributed by atoms with E-state index in [1.165, 1.54) is 30.5 Å². The molecule has 2 rings (SSSR count). The minimum absolute atomic E-state index is 0.0256. The number of sulfone groups is 1. The van der Waals surface area contributed by atoms with Crippen LogP contribution in [0.1, 0.15) is 12.6 Å². The van der Waals surface area contributed by atoms with Crippen molar-refractivity contribution in [1.29, 1.82) is 0 Å². The third-order valence-electron chi connectivity index (χ3n) is 2.60. The van der Waals surface area contributed by atoms with Crippen LogP contribution in [0.5, 0.6) is 0 Å². The summed E-state index contributed by atoms with van der Waals surface area (Å²) in [6, 6.07) is 5.64. The van der Waals surface area contributed by atoms with Gasteiger partial charge >= 0.3 is 0 Å². The largest absolute Gasteiger partial charge is 0.444 e. The highest BCUT2D eigenvalue weighted by Gasteiger charge is 2.14. The molecule has 0 atom stereocenters. The lowest BCUT2D eigenvalue weighted by Gasteiger charge is -1.97. The van der Waals surface area contributed by atoms with E-state index in [1.54, 1.807) is 19.1 Å². The van der Waals surface area contributed by atoms with Crippen LogP contribution in [0.2, 0.25) is 0 Å². The Morgan fingerprint density at radius 1 is 1.30 bits per heavy atom. The number of oxazole rings is 1. The Labute approximate surface area is 116 Å². The third kappa shape index (κ3) is 3.77. The van der Waals surface area contributed by atoms with Crippen LogP contribution >= 0.6 is 0 Å². The highest BCUT2D eigenvalue weighted by Crippen LogP contribution is 2.19. The lowest BCUT2D eigenvalue weighted by molar-refractivity contribution is 0.571. The Hall–Kier alpha value is -1.95. The minimum Gasteiger partial charge on any atom is -0.444 e. The van der Waals surface area contributed by atoms with Gasteiger partial charge in [0.05, 0.1) is 17.2 Å². The fraction of sp³-hybridized carbons (Fsp3) is 0.214. The zero-order chi connectivity index (χ0) is 14.6. The summed E-state index contributed by atoms with van der Waals surface area (Å²) in [6.45, 7) is 1.76. The molecular formula is C14H14FNO3S. The smallest absolute Gasteiger partial charge is 0.226 e. The number of allylic oxidation sites excluding steroid dienone is 1. The number of benzene rings is 1. The fourth-order valence-electron chi connectivity index (χ4n) is 1.63. The molecule has 0 aliphatic carbocycles. The van der Waals surface area contributed by atoms with Crippen LogP contribution in [-0.2, 0) is 15.6 Å². The van der Waals surface area contributed by atoms with Gasteiger partial charge in [-0.15, -0.1) is 0 Å². The topological polar surface area (TPSA) is 60.2 Å². The van der Waals surface area contributed by atoms with Gasteiger partial charge in [0.15, 0.2) is 9.84 Å². The van der Waals surface area contributed by atoms with E-state index < -0.39 is 9.84 Å². The Morgan fingerprint density at radius 2 is 2.00 bits per heavy atom. The van der Waals surface area contributed by atoms with Crippen LogP contribution in [0.4, 0.5) is 4.39 Å². The van der Waals surface area contributed by atoms with Crippen molar-refractivity contribution in [2.75, 3.05) is 5.75 Å². The van der Waals surface area contributed by atoms with E-state index in [1.807, 2.05) is 0 Å². The standard InChI is InChI=1S/C14H14FNO3S/c1-2-3-8-20(17,18)10-13-9-19-14(16-13)11-4-6-12(15)7-5-11/h2-7,9H,8,10H2,1H3/b3-2+. The van der Waals surface area contributed by atoms with Crippen LogP contribution < -0.4 is 0 Å². The van der Waals surface area contributed by atoms with Crippen LogP contribution in [0.25, 0.3) is 11.5 Å². The molecule has 6 heteroatoms. The number of hydrogen-bond donors (Lipinski definition) is 0. The molecule has 0 fully saturated rings. The zero-order valence-electron chi connectivity index (χ0n) is 10.9. The number of halogens is 1. The van der Waals surface area contributed by atoms with E-state index in [0.717, 1.165) is 0 Å². The number of aromatic nitrogens is 1. The average molecular weight is 295 g/mol. The SMILES string of the molecule is C/C=C/CS(=O)(=O)Cc1coc(-c2ccc(F)cc2)n1. The Balaban J connectivity index is 2.15. The summed E-state index contributed by atoms with van der Waals surface area (Å²) in [5.74, 6) is -0.278. The lowest BCUT2D eigenvalue weighted by atomic mass is 10.2. The van der Waals surface area contributed by atoms with Crippen molar-refractivity contribution in [2.24, 2.45) is 0 Å². The molecule has 0 aliphatic heterocycles. The Bertz CT molecular complexity index is 702. The van der Waals surface area contributed by atoms with Crippen LogP contribution in [0.15, 0.2) is 47.1 Å². The zero-order valence-corrected chi connectivity index (χ0v) is 11.7. The van der Waals surface area contributed by atoms with Crippen molar-refractivity contribution in [3.63, 3.8) is 0 Å². The summed E-state index contributed by atoms with van der Waals surface area (Å²) in [6.07, 6.45) is 4.58. The maximum Gasteiger partial charge on any atom is 0.226 e.